The number of unbranched alkanes of at least 4 members (excludes halogenated alkanes) is 2. The van der Waals surface area contributed by atoms with E-state index < -0.39 is 0 Å². The Labute approximate surface area is 211 Å². The van der Waals surface area contributed by atoms with Crippen molar-refractivity contribution in [1.29, 1.82) is 0 Å². The molecule has 0 bridgehead atoms. The van der Waals surface area contributed by atoms with E-state index in [1.807, 2.05) is 12.1 Å². The summed E-state index contributed by atoms with van der Waals surface area (Å²) in [6.07, 6.45) is 13.4. The highest BCUT2D eigenvalue weighted by molar-refractivity contribution is 5.66. The van der Waals surface area contributed by atoms with Crippen LogP contribution in [0.15, 0.2) is 12.1 Å². The Balaban J connectivity index is 2.15. The summed E-state index contributed by atoms with van der Waals surface area (Å²) in [7, 11) is 1.56. The lowest BCUT2D eigenvalue weighted by Crippen LogP contribution is -2.33. The number of aryl methyl sites for hydroxylation is 2. The van der Waals surface area contributed by atoms with Crippen molar-refractivity contribution in [3.8, 4) is 11.5 Å². The minimum absolute atomic E-state index is 0.211. The maximum atomic E-state index is 11.9. The van der Waals surface area contributed by atoms with Gasteiger partial charge in [-0.2, -0.15) is 0 Å². The maximum Gasteiger partial charge on any atom is 0.302 e. The fourth-order valence-electron chi connectivity index (χ4n) is 5.24. The largest absolute Gasteiger partial charge is 0.504 e. The highest BCUT2D eigenvalue weighted by atomic mass is 16.6. The molecule has 6 heteroatoms. The van der Waals surface area contributed by atoms with Crippen LogP contribution < -0.4 is 4.74 Å². The molecule has 2 unspecified atom stereocenters. The van der Waals surface area contributed by atoms with Crippen LogP contribution in [0.25, 0.3) is 0 Å². The molecule has 1 aliphatic rings. The lowest BCUT2D eigenvalue weighted by Gasteiger charge is -2.31. The molecule has 0 radical (unpaired) electrons. The van der Waals surface area contributed by atoms with E-state index in [2.05, 4.69) is 6.92 Å². The number of hydrogen-bond acceptors (Lipinski definition) is 6. The second kappa shape index (κ2) is 15.7. The average Bonchev–Trinajstić information content (AvgIpc) is 2.78. The molecule has 2 atom stereocenters. The van der Waals surface area contributed by atoms with E-state index in [4.69, 9.17) is 14.2 Å². The summed E-state index contributed by atoms with van der Waals surface area (Å²) in [5.74, 6) is 0.390. The first-order valence-corrected chi connectivity index (χ1v) is 13.6. The molecular weight excluding hydrogens is 444 g/mol. The number of carbonyl (C=O) groups is 2. The quantitative estimate of drug-likeness (QED) is 0.245. The van der Waals surface area contributed by atoms with E-state index in [0.717, 1.165) is 62.5 Å². The minimum atomic E-state index is -0.342. The summed E-state index contributed by atoms with van der Waals surface area (Å²) in [6, 6.07) is 3.90. The molecule has 1 aromatic rings. The summed E-state index contributed by atoms with van der Waals surface area (Å²) in [4.78, 5) is 23.8. The van der Waals surface area contributed by atoms with Gasteiger partial charge in [-0.1, -0.05) is 57.9 Å². The number of hydrogen-bond donors (Lipinski definition) is 1. The van der Waals surface area contributed by atoms with Crippen LogP contribution in [0.1, 0.15) is 109 Å². The highest BCUT2D eigenvalue weighted by Gasteiger charge is 2.29. The van der Waals surface area contributed by atoms with Crippen LogP contribution in [0, 0.1) is 5.92 Å². The Kier molecular flexibility index (Phi) is 13.0. The molecule has 2 rings (SSSR count). The van der Waals surface area contributed by atoms with Gasteiger partial charge in [-0.15, -0.1) is 0 Å². The van der Waals surface area contributed by atoms with Crippen molar-refractivity contribution in [2.45, 2.75) is 123 Å². The van der Waals surface area contributed by atoms with Crippen molar-refractivity contribution in [3.05, 3.63) is 23.3 Å². The summed E-state index contributed by atoms with van der Waals surface area (Å²) in [5.41, 5.74) is 1.93. The minimum Gasteiger partial charge on any atom is -0.504 e. The van der Waals surface area contributed by atoms with Crippen LogP contribution in [0.4, 0.5) is 0 Å². The van der Waals surface area contributed by atoms with Gasteiger partial charge in [-0.3, -0.25) is 9.59 Å². The summed E-state index contributed by atoms with van der Waals surface area (Å²) in [5, 5.41) is 10.6. The van der Waals surface area contributed by atoms with Crippen LogP contribution in [0.3, 0.4) is 0 Å². The van der Waals surface area contributed by atoms with Gasteiger partial charge in [0.15, 0.2) is 11.5 Å². The lowest BCUT2D eigenvalue weighted by molar-refractivity contribution is -0.156. The molecule has 1 saturated carbocycles. The Bertz CT molecular complexity index is 782. The van der Waals surface area contributed by atoms with Crippen molar-refractivity contribution in [1.82, 2.24) is 0 Å². The summed E-state index contributed by atoms with van der Waals surface area (Å²) < 4.78 is 16.9. The Morgan fingerprint density at radius 3 is 2.23 bits per heavy atom. The zero-order valence-corrected chi connectivity index (χ0v) is 22.3. The zero-order valence-electron chi connectivity index (χ0n) is 22.3. The van der Waals surface area contributed by atoms with E-state index in [-0.39, 0.29) is 29.9 Å². The highest BCUT2D eigenvalue weighted by Crippen LogP contribution is 2.34. The molecule has 6 nitrogen and oxygen atoms in total. The number of phenolic OH excluding ortho intramolecular Hbond substituents is 1. The standard InChI is InChI=1S/C29H46O6/c1-5-6-10-15-25-18-23(19-28(33-4)29(25)32)16-17-26(34-21(2)30)20-27(35-22(3)31)24-13-11-8-7-9-12-14-24/h18-19,24,26-27,32H,5-17,20H2,1-4H3. The third-order valence-electron chi connectivity index (χ3n) is 7.06. The SMILES string of the molecule is CCCCCc1cc(CCC(CC(OC(C)=O)C2CCCCCCC2)OC(C)=O)cc(OC)c1O. The van der Waals surface area contributed by atoms with Crippen LogP contribution in [-0.2, 0) is 31.9 Å². The monoisotopic (exact) mass is 490 g/mol. The van der Waals surface area contributed by atoms with Gasteiger partial charge in [0.25, 0.3) is 0 Å². The van der Waals surface area contributed by atoms with E-state index in [1.54, 1.807) is 7.11 Å². The van der Waals surface area contributed by atoms with Crippen LogP contribution in [0.5, 0.6) is 11.5 Å². The van der Waals surface area contributed by atoms with Gasteiger partial charge in [-0.25, -0.2) is 0 Å². The predicted molar refractivity (Wildman–Crippen MR) is 138 cm³/mol. The molecule has 0 aromatic heterocycles. The molecule has 1 aromatic carbocycles. The Morgan fingerprint density at radius 1 is 0.971 bits per heavy atom. The molecule has 198 valence electrons. The van der Waals surface area contributed by atoms with Crippen molar-refractivity contribution in [2.75, 3.05) is 7.11 Å². The molecule has 0 aliphatic heterocycles. The fraction of sp³-hybridized carbons (Fsp3) is 0.724. The van der Waals surface area contributed by atoms with Gasteiger partial charge in [0.05, 0.1) is 7.11 Å². The number of carbonyl (C=O) groups excluding carboxylic acids is 2. The van der Waals surface area contributed by atoms with E-state index in [0.29, 0.717) is 30.9 Å². The Hall–Kier alpha value is -2.24. The van der Waals surface area contributed by atoms with Crippen LogP contribution in [0.2, 0.25) is 0 Å². The topological polar surface area (TPSA) is 82.1 Å². The third kappa shape index (κ3) is 10.5. The van der Waals surface area contributed by atoms with E-state index in [1.165, 1.54) is 33.1 Å². The molecule has 0 amide bonds. The van der Waals surface area contributed by atoms with Crippen molar-refractivity contribution in [3.63, 3.8) is 0 Å². The number of methoxy groups -OCH3 is 1. The van der Waals surface area contributed by atoms with E-state index in [9.17, 15) is 14.7 Å². The number of ether oxygens (including phenoxy) is 3. The van der Waals surface area contributed by atoms with Crippen LogP contribution in [-0.4, -0.2) is 36.4 Å². The van der Waals surface area contributed by atoms with Gasteiger partial charge in [0.1, 0.15) is 12.2 Å². The molecule has 35 heavy (non-hydrogen) atoms. The van der Waals surface area contributed by atoms with Crippen molar-refractivity contribution >= 4 is 11.9 Å². The first-order chi connectivity index (χ1) is 16.8. The molecule has 0 saturated heterocycles. The summed E-state index contributed by atoms with van der Waals surface area (Å²) in [6.45, 7) is 5.05. The number of benzene rings is 1. The molecule has 1 fully saturated rings. The van der Waals surface area contributed by atoms with Crippen molar-refractivity contribution < 1.29 is 28.9 Å². The van der Waals surface area contributed by atoms with Gasteiger partial charge in [0, 0.05) is 20.3 Å². The normalized spacial score (nSPS) is 16.6. The van der Waals surface area contributed by atoms with E-state index >= 15 is 0 Å². The number of rotatable bonds is 13. The predicted octanol–water partition coefficient (Wildman–Crippen LogP) is 6.68. The Morgan fingerprint density at radius 2 is 1.63 bits per heavy atom. The number of esters is 2. The zero-order chi connectivity index (χ0) is 25.6. The first-order valence-electron chi connectivity index (χ1n) is 13.6. The summed E-state index contributed by atoms with van der Waals surface area (Å²) >= 11 is 0. The van der Waals surface area contributed by atoms with Gasteiger partial charge in [-0.05, 0) is 61.6 Å². The molecule has 0 heterocycles. The molecule has 0 spiro atoms. The lowest BCUT2D eigenvalue weighted by atomic mass is 9.84. The average molecular weight is 491 g/mol. The smallest absolute Gasteiger partial charge is 0.302 e. The molecular formula is C29H46O6. The maximum absolute atomic E-state index is 11.9. The van der Waals surface area contributed by atoms with Gasteiger partial charge < -0.3 is 19.3 Å². The first kappa shape index (κ1) is 29.0. The van der Waals surface area contributed by atoms with Crippen molar-refractivity contribution in [2.24, 2.45) is 5.92 Å². The molecule has 1 N–H and O–H groups in total. The number of aromatic hydroxyl groups is 1. The molecule has 1 aliphatic carbocycles. The second-order valence-electron chi connectivity index (χ2n) is 10.0. The van der Waals surface area contributed by atoms with Crippen LogP contribution >= 0.6 is 0 Å². The third-order valence-corrected chi connectivity index (χ3v) is 7.06. The number of phenols is 1. The van der Waals surface area contributed by atoms with Gasteiger partial charge in [0.2, 0.25) is 0 Å². The second-order valence-corrected chi connectivity index (χ2v) is 10.0. The van der Waals surface area contributed by atoms with Gasteiger partial charge >= 0.3 is 11.9 Å². The fourth-order valence-corrected chi connectivity index (χ4v) is 5.24.